The molecule has 7 nitrogen and oxygen atoms in total. The van der Waals surface area contributed by atoms with E-state index in [1.165, 1.54) is 23.5 Å². The van der Waals surface area contributed by atoms with Gasteiger partial charge in [0.15, 0.2) is 0 Å². The first-order valence-electron chi connectivity index (χ1n) is 8.02. The van der Waals surface area contributed by atoms with E-state index in [0.29, 0.717) is 44.8 Å². The van der Waals surface area contributed by atoms with Gasteiger partial charge in [0.25, 0.3) is 0 Å². The molecular formula is C16H26ClN3O4S. The number of ether oxygens (including phenoxy) is 1. The van der Waals surface area contributed by atoms with Crippen LogP contribution in [0.15, 0.2) is 29.2 Å². The van der Waals surface area contributed by atoms with Crippen LogP contribution < -0.4 is 10.5 Å². The summed E-state index contributed by atoms with van der Waals surface area (Å²) >= 11 is 0. The normalized spacial score (nSPS) is 16.8. The Kier molecular flexibility index (Phi) is 8.14. The number of sulfonamides is 1. The Morgan fingerprint density at radius 1 is 1.20 bits per heavy atom. The number of benzene rings is 1. The topological polar surface area (TPSA) is 92.9 Å². The maximum absolute atomic E-state index is 12.6. The molecule has 1 unspecified atom stereocenters. The van der Waals surface area contributed by atoms with E-state index in [4.69, 9.17) is 10.5 Å². The van der Waals surface area contributed by atoms with E-state index in [2.05, 4.69) is 0 Å². The second kappa shape index (κ2) is 9.38. The highest BCUT2D eigenvalue weighted by molar-refractivity contribution is 7.89. The van der Waals surface area contributed by atoms with Crippen molar-refractivity contribution >= 4 is 28.3 Å². The summed E-state index contributed by atoms with van der Waals surface area (Å²) in [7, 11) is -2.01. The number of carbonyl (C=O) groups is 1. The molecule has 1 aliphatic heterocycles. The van der Waals surface area contributed by atoms with Crippen molar-refractivity contribution in [3.8, 4) is 5.75 Å². The van der Waals surface area contributed by atoms with Gasteiger partial charge in [-0.15, -0.1) is 12.4 Å². The Hall–Kier alpha value is -1.35. The molecule has 9 heteroatoms. The molecule has 0 bridgehead atoms. The average molecular weight is 392 g/mol. The fraction of sp³-hybridized carbons (Fsp3) is 0.562. The van der Waals surface area contributed by atoms with Gasteiger partial charge >= 0.3 is 0 Å². The van der Waals surface area contributed by atoms with Gasteiger partial charge in [0.2, 0.25) is 15.9 Å². The van der Waals surface area contributed by atoms with Crippen molar-refractivity contribution in [2.24, 2.45) is 5.73 Å². The van der Waals surface area contributed by atoms with Gasteiger partial charge in [-0.05, 0) is 37.6 Å². The van der Waals surface area contributed by atoms with Crippen LogP contribution in [0.3, 0.4) is 0 Å². The zero-order chi connectivity index (χ0) is 17.7. The summed E-state index contributed by atoms with van der Waals surface area (Å²) in [5.74, 6) is 0.646. The summed E-state index contributed by atoms with van der Waals surface area (Å²) < 4.78 is 31.8. The fourth-order valence-electron chi connectivity index (χ4n) is 2.58. The predicted octanol–water partition coefficient (Wildman–Crippen LogP) is 1.08. The fourth-order valence-corrected chi connectivity index (χ4v) is 4.01. The maximum Gasteiger partial charge on any atom is 0.243 e. The molecule has 1 amide bonds. The standard InChI is InChI=1S/C16H25N3O4S.ClH/c1-13(17)3-8-16(20)18-9-11-19(12-10-18)24(21,22)15-6-4-14(23-2)5-7-15;/h4-7,13H,3,8-12,17H2,1-2H3;1H. The molecule has 0 radical (unpaired) electrons. The molecule has 1 fully saturated rings. The van der Waals surface area contributed by atoms with Crippen LogP contribution in [0.25, 0.3) is 0 Å². The Bertz CT molecular complexity index is 656. The van der Waals surface area contributed by atoms with Crippen LogP contribution in [0.4, 0.5) is 0 Å². The van der Waals surface area contributed by atoms with Crippen molar-refractivity contribution in [2.75, 3.05) is 33.3 Å². The van der Waals surface area contributed by atoms with Gasteiger partial charge in [0, 0.05) is 38.6 Å². The lowest BCUT2D eigenvalue weighted by Crippen LogP contribution is -2.50. The summed E-state index contributed by atoms with van der Waals surface area (Å²) in [6.07, 6.45) is 1.05. The van der Waals surface area contributed by atoms with Gasteiger partial charge in [-0.3, -0.25) is 4.79 Å². The molecule has 25 heavy (non-hydrogen) atoms. The number of rotatable bonds is 6. The maximum atomic E-state index is 12.6. The molecular weight excluding hydrogens is 366 g/mol. The van der Waals surface area contributed by atoms with Crippen LogP contribution in [0, 0.1) is 0 Å². The minimum Gasteiger partial charge on any atom is -0.497 e. The Balaban J connectivity index is 0.00000312. The first kappa shape index (κ1) is 21.7. The molecule has 1 heterocycles. The predicted molar refractivity (Wildman–Crippen MR) is 98.5 cm³/mol. The number of hydrogen-bond donors (Lipinski definition) is 1. The summed E-state index contributed by atoms with van der Waals surface area (Å²) in [5, 5.41) is 0. The van der Waals surface area contributed by atoms with Crippen molar-refractivity contribution in [3.05, 3.63) is 24.3 Å². The average Bonchev–Trinajstić information content (AvgIpc) is 2.59. The first-order chi connectivity index (χ1) is 11.3. The third-order valence-corrected chi connectivity index (χ3v) is 6.01. The lowest BCUT2D eigenvalue weighted by molar-refractivity contribution is -0.132. The highest BCUT2D eigenvalue weighted by Crippen LogP contribution is 2.20. The van der Waals surface area contributed by atoms with Crippen molar-refractivity contribution in [1.82, 2.24) is 9.21 Å². The van der Waals surface area contributed by atoms with Crippen LogP contribution >= 0.6 is 12.4 Å². The minimum atomic E-state index is -3.54. The highest BCUT2D eigenvalue weighted by Gasteiger charge is 2.29. The molecule has 1 aliphatic rings. The van der Waals surface area contributed by atoms with Gasteiger partial charge < -0.3 is 15.4 Å². The molecule has 1 aromatic carbocycles. The van der Waals surface area contributed by atoms with E-state index >= 15 is 0 Å². The SMILES string of the molecule is COc1ccc(S(=O)(=O)N2CCN(C(=O)CCC(C)N)CC2)cc1.Cl. The van der Waals surface area contributed by atoms with E-state index in [9.17, 15) is 13.2 Å². The van der Waals surface area contributed by atoms with Gasteiger partial charge in [0.1, 0.15) is 5.75 Å². The summed E-state index contributed by atoms with van der Waals surface area (Å²) in [6.45, 7) is 3.30. The number of amides is 1. The van der Waals surface area contributed by atoms with Crippen molar-refractivity contribution in [1.29, 1.82) is 0 Å². The lowest BCUT2D eigenvalue weighted by Gasteiger charge is -2.34. The number of piperazine rings is 1. The molecule has 0 saturated carbocycles. The number of hydrogen-bond acceptors (Lipinski definition) is 5. The molecule has 0 aromatic heterocycles. The molecule has 142 valence electrons. The van der Waals surface area contributed by atoms with Gasteiger partial charge in [-0.2, -0.15) is 4.31 Å². The summed E-state index contributed by atoms with van der Waals surface area (Å²) in [5.41, 5.74) is 5.67. The van der Waals surface area contributed by atoms with Gasteiger partial charge in [-0.1, -0.05) is 0 Å². The van der Waals surface area contributed by atoms with Crippen LogP contribution in [0.5, 0.6) is 5.75 Å². The van der Waals surface area contributed by atoms with Crippen molar-refractivity contribution < 1.29 is 17.9 Å². The Morgan fingerprint density at radius 2 is 1.76 bits per heavy atom. The third kappa shape index (κ3) is 5.57. The largest absolute Gasteiger partial charge is 0.497 e. The molecule has 2 N–H and O–H groups in total. The summed E-state index contributed by atoms with van der Waals surface area (Å²) in [4.78, 5) is 14.0. The van der Waals surface area contributed by atoms with E-state index in [0.717, 1.165) is 0 Å². The van der Waals surface area contributed by atoms with E-state index in [1.807, 2.05) is 6.92 Å². The second-order valence-corrected chi connectivity index (χ2v) is 7.91. The molecule has 1 saturated heterocycles. The van der Waals surface area contributed by atoms with Crippen molar-refractivity contribution in [3.63, 3.8) is 0 Å². The monoisotopic (exact) mass is 391 g/mol. The van der Waals surface area contributed by atoms with Crippen LogP contribution in [0.1, 0.15) is 19.8 Å². The lowest BCUT2D eigenvalue weighted by atomic mass is 10.2. The second-order valence-electron chi connectivity index (χ2n) is 5.98. The number of carbonyl (C=O) groups excluding carboxylic acids is 1. The molecule has 0 aliphatic carbocycles. The number of nitrogens with zero attached hydrogens (tertiary/aromatic N) is 2. The van der Waals surface area contributed by atoms with Crippen LogP contribution in [-0.4, -0.2) is 62.9 Å². The number of halogens is 1. The van der Waals surface area contributed by atoms with E-state index in [1.54, 1.807) is 17.0 Å². The smallest absolute Gasteiger partial charge is 0.243 e. The molecule has 1 atom stereocenters. The molecule has 2 rings (SSSR count). The number of nitrogens with two attached hydrogens (primary N) is 1. The third-order valence-electron chi connectivity index (χ3n) is 4.10. The van der Waals surface area contributed by atoms with Gasteiger partial charge in [-0.25, -0.2) is 8.42 Å². The quantitative estimate of drug-likeness (QED) is 0.783. The Morgan fingerprint density at radius 3 is 2.24 bits per heavy atom. The minimum absolute atomic E-state index is 0. The molecule has 0 spiro atoms. The van der Waals surface area contributed by atoms with E-state index < -0.39 is 10.0 Å². The van der Waals surface area contributed by atoms with Crippen LogP contribution in [-0.2, 0) is 14.8 Å². The zero-order valence-corrected chi connectivity index (χ0v) is 16.2. The number of methoxy groups -OCH3 is 1. The van der Waals surface area contributed by atoms with Gasteiger partial charge in [0.05, 0.1) is 12.0 Å². The van der Waals surface area contributed by atoms with Crippen molar-refractivity contribution in [2.45, 2.75) is 30.7 Å². The summed E-state index contributed by atoms with van der Waals surface area (Å²) in [6, 6.07) is 6.31. The highest BCUT2D eigenvalue weighted by atomic mass is 35.5. The zero-order valence-electron chi connectivity index (χ0n) is 14.6. The molecule has 1 aromatic rings. The first-order valence-corrected chi connectivity index (χ1v) is 9.46. The van der Waals surface area contributed by atoms with E-state index in [-0.39, 0.29) is 29.3 Å². The Labute approximate surface area is 155 Å². The van der Waals surface area contributed by atoms with Crippen LogP contribution in [0.2, 0.25) is 0 Å².